The molecule has 3 amide bonds. The molecule has 306 valence electrons. The van der Waals surface area contributed by atoms with Crippen LogP contribution < -0.4 is 16.0 Å². The van der Waals surface area contributed by atoms with E-state index in [1.807, 2.05) is 0 Å². The molecule has 0 radical (unpaired) electrons. The topological polar surface area (TPSA) is 198 Å². The maximum Gasteiger partial charge on any atom is 0.252 e. The van der Waals surface area contributed by atoms with Crippen molar-refractivity contribution in [3.8, 4) is 0 Å². The zero-order valence-electron chi connectivity index (χ0n) is 33.2. The highest BCUT2D eigenvalue weighted by molar-refractivity contribution is 5.83. The highest BCUT2D eigenvalue weighted by atomic mass is 16.8. The molecule has 7 rings (SSSR count). The van der Waals surface area contributed by atoms with E-state index in [0.717, 1.165) is 0 Å². The van der Waals surface area contributed by atoms with E-state index in [4.69, 9.17) is 56.8 Å². The van der Waals surface area contributed by atoms with Gasteiger partial charge in [0.05, 0.1) is 0 Å². The Hall–Kier alpha value is -2.07. The van der Waals surface area contributed by atoms with Crippen molar-refractivity contribution in [3.05, 3.63) is 0 Å². The van der Waals surface area contributed by atoms with Gasteiger partial charge in [-0.05, 0) is 83.1 Å². The average Bonchev–Trinajstić information content (AvgIpc) is 3.84. The smallest absolute Gasteiger partial charge is 0.252 e. The Morgan fingerprint density at radius 3 is 0.778 bits per heavy atom. The molecule has 18 nitrogen and oxygen atoms in total. The minimum Gasteiger partial charge on any atom is -0.351 e. The summed E-state index contributed by atoms with van der Waals surface area (Å²) in [5.41, 5.74) is 0. The number of rotatable bonds is 0. The first-order valence-corrected chi connectivity index (χ1v) is 18.8. The summed E-state index contributed by atoms with van der Waals surface area (Å²) in [6.45, 7) is 20.6. The number of amides is 3. The number of carbonyl (C=O) groups excluding carboxylic acids is 3. The second kappa shape index (κ2) is 13.5. The molecule has 0 spiro atoms. The lowest BCUT2D eigenvalue weighted by Gasteiger charge is -2.27. The lowest BCUT2D eigenvalue weighted by atomic mass is 10.0. The third kappa shape index (κ3) is 8.17. The van der Waals surface area contributed by atoms with E-state index in [-0.39, 0.29) is 19.6 Å². The third-order valence-electron chi connectivity index (χ3n) is 10.2. The summed E-state index contributed by atoms with van der Waals surface area (Å²) in [6, 6.07) is 0. The van der Waals surface area contributed by atoms with E-state index in [1.54, 1.807) is 83.1 Å². The van der Waals surface area contributed by atoms with Crippen LogP contribution in [0, 0.1) is 0 Å². The van der Waals surface area contributed by atoms with Crippen LogP contribution in [0.5, 0.6) is 0 Å². The van der Waals surface area contributed by atoms with Crippen molar-refractivity contribution < 1.29 is 71.2 Å². The van der Waals surface area contributed by atoms with Crippen LogP contribution in [0.1, 0.15) is 83.1 Å². The molecule has 0 aliphatic carbocycles. The van der Waals surface area contributed by atoms with Crippen LogP contribution in [0.2, 0.25) is 0 Å². The third-order valence-corrected chi connectivity index (χ3v) is 10.2. The van der Waals surface area contributed by atoms with Crippen molar-refractivity contribution in [1.82, 2.24) is 16.0 Å². The summed E-state index contributed by atoms with van der Waals surface area (Å²) >= 11 is 0. The van der Waals surface area contributed by atoms with Crippen molar-refractivity contribution in [3.63, 3.8) is 0 Å². The van der Waals surface area contributed by atoms with Crippen LogP contribution >= 0.6 is 0 Å². The fourth-order valence-electron chi connectivity index (χ4n) is 8.50. The molecule has 0 aromatic heterocycles. The van der Waals surface area contributed by atoms with Crippen LogP contribution in [0.25, 0.3) is 0 Å². The number of ether oxygens (including phenoxy) is 12. The maximum atomic E-state index is 14.0. The molecule has 0 unspecified atom stereocenters. The van der Waals surface area contributed by atoms with Gasteiger partial charge in [0, 0.05) is 19.6 Å². The molecule has 0 saturated carbocycles. The van der Waals surface area contributed by atoms with Gasteiger partial charge in [0.25, 0.3) is 17.7 Å². The first-order valence-electron chi connectivity index (χ1n) is 18.8. The summed E-state index contributed by atoms with van der Waals surface area (Å²) in [5, 5.41) is 8.83. The van der Waals surface area contributed by atoms with Gasteiger partial charge in [0.15, 0.2) is 53.0 Å². The summed E-state index contributed by atoms with van der Waals surface area (Å²) < 4.78 is 75.2. The quantitative estimate of drug-likeness (QED) is 0.307. The number of fused-ring (bicyclic) bond motifs is 9. The molecule has 0 aromatic rings. The van der Waals surface area contributed by atoms with E-state index in [1.165, 1.54) is 0 Å². The van der Waals surface area contributed by atoms with Crippen LogP contribution in [-0.2, 0) is 71.2 Å². The molecule has 7 aliphatic rings. The second-order valence-corrected chi connectivity index (χ2v) is 17.7. The lowest BCUT2D eigenvalue weighted by molar-refractivity contribution is -0.175. The summed E-state index contributed by atoms with van der Waals surface area (Å²) in [6.07, 6.45) is -11.0. The van der Waals surface area contributed by atoms with Gasteiger partial charge in [-0.1, -0.05) is 0 Å². The van der Waals surface area contributed by atoms with E-state index in [2.05, 4.69) is 16.0 Å². The van der Waals surface area contributed by atoms with Gasteiger partial charge >= 0.3 is 0 Å². The Balaban J connectivity index is 1.23. The van der Waals surface area contributed by atoms with Crippen LogP contribution in [0.4, 0.5) is 0 Å². The van der Waals surface area contributed by atoms with Crippen LogP contribution in [-0.4, -0.2) is 145 Å². The fraction of sp³-hybridized carbons (Fsp3) is 0.917. The molecule has 18 heteroatoms. The molecule has 7 heterocycles. The van der Waals surface area contributed by atoms with Crippen molar-refractivity contribution >= 4 is 17.7 Å². The summed E-state index contributed by atoms with van der Waals surface area (Å²) in [4.78, 5) is 42.0. The van der Waals surface area contributed by atoms with Crippen LogP contribution in [0.3, 0.4) is 0 Å². The zero-order chi connectivity index (χ0) is 39.4. The minimum absolute atomic E-state index is 0.0231. The normalized spacial score (nSPS) is 45.0. The van der Waals surface area contributed by atoms with Gasteiger partial charge in [0.2, 0.25) is 0 Å². The van der Waals surface area contributed by atoms with Crippen molar-refractivity contribution in [2.75, 3.05) is 19.6 Å². The van der Waals surface area contributed by atoms with Gasteiger partial charge in [-0.2, -0.15) is 0 Å². The Kier molecular flexibility index (Phi) is 10.0. The predicted octanol–water partition coefficient (Wildman–Crippen LogP) is 0.469. The van der Waals surface area contributed by atoms with Crippen molar-refractivity contribution in [1.29, 1.82) is 0 Å². The number of hydrogen-bond acceptors (Lipinski definition) is 15. The summed E-state index contributed by atoms with van der Waals surface area (Å²) in [7, 11) is 0. The second-order valence-electron chi connectivity index (χ2n) is 17.7. The molecule has 54 heavy (non-hydrogen) atoms. The molecule has 3 N–H and O–H groups in total. The van der Waals surface area contributed by atoms with Gasteiger partial charge < -0.3 is 72.8 Å². The lowest BCUT2D eigenvalue weighted by Crippen LogP contribution is -2.54. The van der Waals surface area contributed by atoms with Crippen molar-refractivity contribution in [2.24, 2.45) is 0 Å². The Bertz CT molecular complexity index is 1310. The zero-order valence-corrected chi connectivity index (χ0v) is 33.2. The van der Waals surface area contributed by atoms with E-state index < -0.39 is 126 Å². The van der Waals surface area contributed by atoms with Crippen molar-refractivity contribution in [2.45, 2.75) is 191 Å². The fourth-order valence-corrected chi connectivity index (χ4v) is 8.50. The average molecular weight is 772 g/mol. The van der Waals surface area contributed by atoms with Gasteiger partial charge in [-0.15, -0.1) is 0 Å². The number of nitrogens with one attached hydrogen (secondary N) is 3. The predicted molar refractivity (Wildman–Crippen MR) is 182 cm³/mol. The maximum absolute atomic E-state index is 14.0. The molecule has 0 aromatic carbocycles. The first kappa shape index (κ1) is 40.1. The highest BCUT2D eigenvalue weighted by Crippen LogP contribution is 2.42. The first-order chi connectivity index (χ1) is 24.8. The Morgan fingerprint density at radius 2 is 0.537 bits per heavy atom. The largest absolute Gasteiger partial charge is 0.351 e. The van der Waals surface area contributed by atoms with Gasteiger partial charge in [0.1, 0.15) is 54.9 Å². The Morgan fingerprint density at radius 1 is 0.333 bits per heavy atom. The van der Waals surface area contributed by atoms with Crippen LogP contribution in [0.15, 0.2) is 0 Å². The highest BCUT2D eigenvalue weighted by Gasteiger charge is 2.60. The minimum atomic E-state index is -1.16. The molecule has 0 bridgehead atoms. The monoisotopic (exact) mass is 771 g/mol. The summed E-state index contributed by atoms with van der Waals surface area (Å²) in [5.74, 6) is -8.21. The molecule has 7 fully saturated rings. The number of hydrogen-bond donors (Lipinski definition) is 3. The van der Waals surface area contributed by atoms with E-state index in [9.17, 15) is 14.4 Å². The molecule has 7 aliphatic heterocycles. The van der Waals surface area contributed by atoms with E-state index in [0.29, 0.717) is 0 Å². The SMILES string of the molecule is CC1(C)O[C@@H]2[C@@H]3OC(C)(C)O[C@H]3C(=O)NC[C@H]3OC(C)(C)O[C@@H]3[C@@H]3OC(C)(C)O[C@H]3C(=O)NC[C@H]3OC(C)(C)O[C@@H]3[C@@H]3OC(C)(C)O[C@H]3C(=O)NC[C@H]2O1. The number of carbonyl (C=O) groups is 3. The van der Waals surface area contributed by atoms with Gasteiger partial charge in [-0.25, -0.2) is 0 Å². The standard InChI is InChI=1S/C36H57N3O15/c1-31(2)43-16-13-37-29(41)26-23(50-35(9,10)53-26)20-18(45-33(5,6)47-20)15-39-30(42)27-24(51-36(11,12)54-27)21-17(44-32(3,4)48-21)14-38-28(40)25-22(19(16)46-31)49-34(7,8)52-25/h16-27H,13-15H2,1-12H3,(H,37,41)(H,38,40)(H,39,42)/t16-,17-,18-,19+,20+,21+,22+,23+,24+,25-,26-,27-/m1/s1. The van der Waals surface area contributed by atoms with Gasteiger partial charge in [-0.3, -0.25) is 14.4 Å². The molecular formula is C36H57N3O15. The van der Waals surface area contributed by atoms with E-state index >= 15 is 0 Å². The molecule has 12 atom stereocenters. The Labute approximate surface area is 315 Å². The molecular weight excluding hydrogens is 714 g/mol. The molecule has 7 saturated heterocycles.